The molecule has 90 valence electrons. The van der Waals surface area contributed by atoms with Crippen LogP contribution in [-0.2, 0) is 9.53 Å². The third kappa shape index (κ3) is 7.68. The van der Waals surface area contributed by atoms with Gasteiger partial charge in [0.05, 0.1) is 7.11 Å². The van der Waals surface area contributed by atoms with E-state index < -0.39 is 0 Å². The van der Waals surface area contributed by atoms with Crippen LogP contribution in [0.4, 0.5) is 0 Å². The van der Waals surface area contributed by atoms with Crippen molar-refractivity contribution in [1.29, 1.82) is 0 Å². The number of rotatable bonds is 5. The zero-order valence-corrected chi connectivity index (χ0v) is 11.4. The molecule has 0 aliphatic rings. The summed E-state index contributed by atoms with van der Waals surface area (Å²) < 4.78 is 4.94. The lowest BCUT2D eigenvalue weighted by molar-refractivity contribution is -0.142. The molecule has 0 aromatic carbocycles. The number of esters is 1. The molecule has 3 nitrogen and oxygen atoms in total. The summed E-state index contributed by atoms with van der Waals surface area (Å²) >= 11 is 1.76. The molecule has 15 heavy (non-hydrogen) atoms. The highest BCUT2D eigenvalue weighted by molar-refractivity contribution is 8.00. The number of methoxy groups -OCH3 is 1. The standard InChI is InChI=1S/C11H23NO2S/c1-8(2)12-9(10(13)14-6)7-15-11(3,4)5/h8-9,12H,7H2,1-6H3. The molecule has 0 saturated heterocycles. The van der Waals surface area contributed by atoms with Gasteiger partial charge >= 0.3 is 5.97 Å². The smallest absolute Gasteiger partial charge is 0.323 e. The summed E-state index contributed by atoms with van der Waals surface area (Å²) in [6, 6.07) is 0.0777. The van der Waals surface area contributed by atoms with Gasteiger partial charge in [-0.25, -0.2) is 0 Å². The van der Waals surface area contributed by atoms with Crippen LogP contribution in [0.3, 0.4) is 0 Å². The maximum Gasteiger partial charge on any atom is 0.323 e. The van der Waals surface area contributed by atoms with Gasteiger partial charge in [0.2, 0.25) is 0 Å². The van der Waals surface area contributed by atoms with Crippen molar-refractivity contribution in [3.63, 3.8) is 0 Å². The molecule has 0 heterocycles. The van der Waals surface area contributed by atoms with E-state index in [1.54, 1.807) is 11.8 Å². The van der Waals surface area contributed by atoms with Crippen molar-refractivity contribution in [2.24, 2.45) is 0 Å². The van der Waals surface area contributed by atoms with Gasteiger partial charge in [0.25, 0.3) is 0 Å². The molecule has 0 aliphatic heterocycles. The Hall–Kier alpha value is -0.220. The second-order valence-electron chi connectivity index (χ2n) is 4.82. The maximum atomic E-state index is 11.5. The van der Waals surface area contributed by atoms with Crippen LogP contribution in [0, 0.1) is 0 Å². The van der Waals surface area contributed by atoms with Gasteiger partial charge in [0.15, 0.2) is 0 Å². The molecule has 0 aromatic rings. The quantitative estimate of drug-likeness (QED) is 0.738. The van der Waals surface area contributed by atoms with Crippen LogP contribution in [0.15, 0.2) is 0 Å². The van der Waals surface area contributed by atoms with E-state index in [9.17, 15) is 4.79 Å². The number of carbonyl (C=O) groups is 1. The summed E-state index contributed by atoms with van der Waals surface area (Å²) in [6.07, 6.45) is 0. The Balaban J connectivity index is 4.19. The first-order chi connectivity index (χ1) is 6.76. The fraction of sp³-hybridized carbons (Fsp3) is 0.909. The number of carbonyl (C=O) groups excluding carboxylic acids is 1. The van der Waals surface area contributed by atoms with Gasteiger partial charge in [0.1, 0.15) is 6.04 Å². The Morgan fingerprint density at radius 2 is 1.93 bits per heavy atom. The van der Waals surface area contributed by atoms with E-state index in [0.29, 0.717) is 0 Å². The average Bonchev–Trinajstić information content (AvgIpc) is 2.09. The lowest BCUT2D eigenvalue weighted by Crippen LogP contribution is -2.44. The zero-order valence-electron chi connectivity index (χ0n) is 10.6. The molecule has 0 fully saturated rings. The molecule has 0 radical (unpaired) electrons. The van der Waals surface area contributed by atoms with Crippen molar-refractivity contribution in [1.82, 2.24) is 5.32 Å². The van der Waals surface area contributed by atoms with Gasteiger partial charge in [-0.2, -0.15) is 11.8 Å². The summed E-state index contributed by atoms with van der Waals surface area (Å²) in [5.41, 5.74) is 0. The summed E-state index contributed by atoms with van der Waals surface area (Å²) in [5.74, 6) is 0.564. The van der Waals surface area contributed by atoms with Gasteiger partial charge in [-0.3, -0.25) is 4.79 Å². The minimum atomic E-state index is -0.209. The number of hydrogen-bond donors (Lipinski definition) is 1. The lowest BCUT2D eigenvalue weighted by Gasteiger charge is -2.23. The van der Waals surface area contributed by atoms with E-state index >= 15 is 0 Å². The first-order valence-electron chi connectivity index (χ1n) is 5.24. The minimum Gasteiger partial charge on any atom is -0.468 e. The van der Waals surface area contributed by atoms with E-state index in [-0.39, 0.29) is 22.8 Å². The normalized spacial score (nSPS) is 14.1. The van der Waals surface area contributed by atoms with Crippen LogP contribution < -0.4 is 5.32 Å². The third-order valence-electron chi connectivity index (χ3n) is 1.70. The Kier molecular flexibility index (Phi) is 6.29. The van der Waals surface area contributed by atoms with E-state index in [1.807, 2.05) is 13.8 Å². The fourth-order valence-corrected chi connectivity index (χ4v) is 1.96. The Morgan fingerprint density at radius 3 is 2.27 bits per heavy atom. The monoisotopic (exact) mass is 233 g/mol. The number of nitrogens with one attached hydrogen (secondary N) is 1. The lowest BCUT2D eigenvalue weighted by atomic mass is 10.2. The van der Waals surface area contributed by atoms with Crippen molar-refractivity contribution < 1.29 is 9.53 Å². The van der Waals surface area contributed by atoms with E-state index in [0.717, 1.165) is 5.75 Å². The highest BCUT2D eigenvalue weighted by Crippen LogP contribution is 2.23. The maximum absolute atomic E-state index is 11.5. The second kappa shape index (κ2) is 6.38. The molecule has 1 N–H and O–H groups in total. The molecule has 0 amide bonds. The summed E-state index contributed by atoms with van der Waals surface area (Å²) in [6.45, 7) is 10.5. The summed E-state index contributed by atoms with van der Waals surface area (Å²) in [7, 11) is 1.43. The summed E-state index contributed by atoms with van der Waals surface area (Å²) in [5, 5.41) is 3.21. The van der Waals surface area contributed by atoms with Crippen LogP contribution in [0.2, 0.25) is 0 Å². The topological polar surface area (TPSA) is 38.3 Å². The molecule has 0 aliphatic carbocycles. The fourth-order valence-electron chi connectivity index (χ4n) is 1.06. The Bertz CT molecular complexity index is 199. The summed E-state index contributed by atoms with van der Waals surface area (Å²) in [4.78, 5) is 11.5. The number of ether oxygens (including phenoxy) is 1. The van der Waals surface area contributed by atoms with E-state index in [4.69, 9.17) is 4.74 Å². The first-order valence-corrected chi connectivity index (χ1v) is 6.22. The molecule has 1 unspecified atom stereocenters. The third-order valence-corrected chi connectivity index (χ3v) is 3.07. The molecule has 4 heteroatoms. The molecule has 0 rings (SSSR count). The Labute approximate surface area is 97.3 Å². The SMILES string of the molecule is COC(=O)C(CSC(C)(C)C)NC(C)C. The van der Waals surface area contributed by atoms with Gasteiger partial charge in [-0.1, -0.05) is 34.6 Å². The molecule has 0 bridgehead atoms. The molecule has 0 spiro atoms. The highest BCUT2D eigenvalue weighted by atomic mass is 32.2. The van der Waals surface area contributed by atoms with Crippen molar-refractivity contribution in [3.8, 4) is 0 Å². The number of hydrogen-bond acceptors (Lipinski definition) is 4. The van der Waals surface area contributed by atoms with Gasteiger partial charge in [-0.05, 0) is 0 Å². The van der Waals surface area contributed by atoms with Gasteiger partial charge in [-0.15, -0.1) is 0 Å². The highest BCUT2D eigenvalue weighted by Gasteiger charge is 2.22. The molecule has 0 aromatic heterocycles. The van der Waals surface area contributed by atoms with Crippen LogP contribution in [0.5, 0.6) is 0 Å². The van der Waals surface area contributed by atoms with Crippen molar-refractivity contribution in [3.05, 3.63) is 0 Å². The van der Waals surface area contributed by atoms with Crippen molar-refractivity contribution in [2.45, 2.75) is 51.4 Å². The zero-order chi connectivity index (χ0) is 12.1. The molecule has 1 atom stereocenters. The van der Waals surface area contributed by atoms with Crippen LogP contribution in [0.1, 0.15) is 34.6 Å². The molecule has 0 saturated carbocycles. The van der Waals surface area contributed by atoms with Crippen molar-refractivity contribution in [2.75, 3.05) is 12.9 Å². The van der Waals surface area contributed by atoms with Gasteiger partial charge < -0.3 is 10.1 Å². The van der Waals surface area contributed by atoms with E-state index in [1.165, 1.54) is 7.11 Å². The largest absolute Gasteiger partial charge is 0.468 e. The first kappa shape index (κ1) is 14.8. The van der Waals surface area contributed by atoms with Gasteiger partial charge in [0, 0.05) is 16.5 Å². The van der Waals surface area contributed by atoms with Crippen LogP contribution in [-0.4, -0.2) is 35.7 Å². The minimum absolute atomic E-state index is 0.172. The Morgan fingerprint density at radius 1 is 1.40 bits per heavy atom. The van der Waals surface area contributed by atoms with Crippen molar-refractivity contribution >= 4 is 17.7 Å². The van der Waals surface area contributed by atoms with Crippen LogP contribution >= 0.6 is 11.8 Å². The predicted molar refractivity (Wildman–Crippen MR) is 66.3 cm³/mol. The molecular weight excluding hydrogens is 210 g/mol. The number of thioether (sulfide) groups is 1. The predicted octanol–water partition coefficient (Wildman–Crippen LogP) is 2.06. The average molecular weight is 233 g/mol. The molecular formula is C11H23NO2S. The van der Waals surface area contributed by atoms with E-state index in [2.05, 4.69) is 26.1 Å². The second-order valence-corrected chi connectivity index (χ2v) is 6.67. The van der Waals surface area contributed by atoms with Crippen LogP contribution in [0.25, 0.3) is 0 Å².